The topological polar surface area (TPSA) is 43.4 Å². The zero-order valence-corrected chi connectivity index (χ0v) is 12.8. The lowest BCUT2D eigenvalue weighted by Crippen LogP contribution is -1.94. The zero-order chi connectivity index (χ0) is 14.9. The van der Waals surface area contributed by atoms with Gasteiger partial charge < -0.3 is 4.74 Å². The van der Waals surface area contributed by atoms with Crippen LogP contribution in [0.2, 0.25) is 0 Å². The summed E-state index contributed by atoms with van der Waals surface area (Å²) in [5.74, 6) is -1.59. The Morgan fingerprint density at radius 2 is 1.75 bits per heavy atom. The van der Waals surface area contributed by atoms with Crippen LogP contribution in [-0.4, -0.2) is 8.42 Å². The molecule has 0 atom stereocenters. The van der Waals surface area contributed by atoms with E-state index < -0.39 is 20.7 Å². The van der Waals surface area contributed by atoms with Gasteiger partial charge in [-0.3, -0.25) is 0 Å². The summed E-state index contributed by atoms with van der Waals surface area (Å²) in [6.07, 6.45) is 0. The molecule has 0 bridgehead atoms. The Morgan fingerprint density at radius 1 is 1.05 bits per heavy atom. The van der Waals surface area contributed by atoms with E-state index in [1.807, 2.05) is 0 Å². The van der Waals surface area contributed by atoms with Crippen molar-refractivity contribution in [3.05, 3.63) is 52.5 Å². The Labute approximate surface area is 126 Å². The standard InChI is InChI=1S/C12H6BrClF2O3S/c13-9-6-8(20(14,17)18)2-4-11(9)19-12-5-7(15)1-3-10(12)16/h1-6H. The number of hydrogen-bond donors (Lipinski definition) is 0. The van der Waals surface area contributed by atoms with E-state index in [4.69, 9.17) is 15.4 Å². The third kappa shape index (κ3) is 3.47. The van der Waals surface area contributed by atoms with Crippen molar-refractivity contribution in [3.8, 4) is 11.5 Å². The first-order valence-corrected chi connectivity index (χ1v) is 8.25. The molecule has 0 N–H and O–H groups in total. The maximum atomic E-state index is 13.4. The number of halogens is 4. The van der Waals surface area contributed by atoms with Crippen LogP contribution in [0, 0.1) is 11.6 Å². The van der Waals surface area contributed by atoms with E-state index in [9.17, 15) is 17.2 Å². The van der Waals surface area contributed by atoms with Gasteiger partial charge >= 0.3 is 0 Å². The fraction of sp³-hybridized carbons (Fsp3) is 0. The van der Waals surface area contributed by atoms with Crippen molar-refractivity contribution in [1.29, 1.82) is 0 Å². The minimum absolute atomic E-state index is 0.124. The molecule has 2 aromatic rings. The quantitative estimate of drug-likeness (QED) is 0.736. The van der Waals surface area contributed by atoms with E-state index in [-0.39, 0.29) is 20.9 Å². The number of benzene rings is 2. The molecule has 0 saturated carbocycles. The summed E-state index contributed by atoms with van der Waals surface area (Å²) >= 11 is 3.08. The molecule has 0 amide bonds. The van der Waals surface area contributed by atoms with Gasteiger partial charge in [0.1, 0.15) is 11.6 Å². The van der Waals surface area contributed by atoms with Gasteiger partial charge in [-0.1, -0.05) is 0 Å². The Morgan fingerprint density at radius 3 is 2.35 bits per heavy atom. The van der Waals surface area contributed by atoms with Gasteiger partial charge in [0.25, 0.3) is 9.05 Å². The number of ether oxygens (including phenoxy) is 1. The fourth-order valence-corrected chi connectivity index (χ4v) is 2.78. The van der Waals surface area contributed by atoms with E-state index in [1.165, 1.54) is 18.2 Å². The monoisotopic (exact) mass is 382 g/mol. The van der Waals surface area contributed by atoms with Crippen molar-refractivity contribution in [1.82, 2.24) is 0 Å². The molecule has 0 saturated heterocycles. The SMILES string of the molecule is O=S(=O)(Cl)c1ccc(Oc2cc(F)ccc2F)c(Br)c1. The Hall–Kier alpha value is -1.18. The average Bonchev–Trinajstić information content (AvgIpc) is 2.35. The highest BCUT2D eigenvalue weighted by Gasteiger charge is 2.14. The lowest BCUT2D eigenvalue weighted by atomic mass is 10.3. The Kier molecular flexibility index (Phi) is 4.31. The first-order valence-electron chi connectivity index (χ1n) is 5.14. The van der Waals surface area contributed by atoms with Gasteiger partial charge in [-0.2, -0.15) is 0 Å². The summed E-state index contributed by atoms with van der Waals surface area (Å²) < 4.78 is 54.2. The van der Waals surface area contributed by atoms with Crippen LogP contribution in [0.3, 0.4) is 0 Å². The van der Waals surface area contributed by atoms with Crippen LogP contribution in [0.25, 0.3) is 0 Å². The maximum Gasteiger partial charge on any atom is 0.261 e. The largest absolute Gasteiger partial charge is 0.453 e. The molecule has 0 aliphatic carbocycles. The highest BCUT2D eigenvalue weighted by Crippen LogP contribution is 2.33. The number of rotatable bonds is 3. The molecule has 8 heteroatoms. The predicted molar refractivity (Wildman–Crippen MR) is 73.6 cm³/mol. The molecular formula is C12H6BrClF2O3S. The first kappa shape index (κ1) is 15.2. The second kappa shape index (κ2) is 5.67. The van der Waals surface area contributed by atoms with E-state index in [1.54, 1.807) is 0 Å². The van der Waals surface area contributed by atoms with Crippen LogP contribution in [-0.2, 0) is 9.05 Å². The molecule has 0 spiro atoms. The molecule has 0 radical (unpaired) electrons. The van der Waals surface area contributed by atoms with Crippen molar-refractivity contribution in [2.24, 2.45) is 0 Å². The first-order chi connectivity index (χ1) is 9.27. The fourth-order valence-electron chi connectivity index (χ4n) is 1.39. The van der Waals surface area contributed by atoms with Crippen molar-refractivity contribution >= 4 is 35.7 Å². The summed E-state index contributed by atoms with van der Waals surface area (Å²) in [5, 5.41) is 0. The van der Waals surface area contributed by atoms with Gasteiger partial charge in [-0.15, -0.1) is 0 Å². The van der Waals surface area contributed by atoms with E-state index in [0.29, 0.717) is 0 Å². The molecule has 0 aromatic heterocycles. The highest BCUT2D eigenvalue weighted by atomic mass is 79.9. The molecule has 0 aliphatic heterocycles. The van der Waals surface area contributed by atoms with Crippen molar-refractivity contribution in [2.75, 3.05) is 0 Å². The second-order valence-corrected chi connectivity index (χ2v) is 7.13. The summed E-state index contributed by atoms with van der Waals surface area (Å²) in [6, 6.07) is 6.45. The summed E-state index contributed by atoms with van der Waals surface area (Å²) in [6.45, 7) is 0. The molecule has 3 nitrogen and oxygen atoms in total. The summed E-state index contributed by atoms with van der Waals surface area (Å²) in [4.78, 5) is -0.141. The molecule has 0 fully saturated rings. The lowest BCUT2D eigenvalue weighted by Gasteiger charge is -2.09. The van der Waals surface area contributed by atoms with E-state index in [0.717, 1.165) is 18.2 Å². The van der Waals surface area contributed by atoms with Crippen LogP contribution in [0.15, 0.2) is 45.8 Å². The van der Waals surface area contributed by atoms with Gasteiger partial charge in [0.05, 0.1) is 9.37 Å². The minimum Gasteiger partial charge on any atom is -0.453 e. The minimum atomic E-state index is -3.88. The van der Waals surface area contributed by atoms with Crippen molar-refractivity contribution < 1.29 is 21.9 Å². The average molecular weight is 384 g/mol. The molecule has 106 valence electrons. The lowest BCUT2D eigenvalue weighted by molar-refractivity contribution is 0.434. The maximum absolute atomic E-state index is 13.4. The molecule has 0 unspecified atom stereocenters. The van der Waals surface area contributed by atoms with E-state index >= 15 is 0 Å². The predicted octanol–water partition coefficient (Wildman–Crippen LogP) is 4.45. The Bertz CT molecular complexity index is 765. The van der Waals surface area contributed by atoms with Crippen LogP contribution >= 0.6 is 26.6 Å². The van der Waals surface area contributed by atoms with Crippen LogP contribution in [0.1, 0.15) is 0 Å². The van der Waals surface area contributed by atoms with Crippen molar-refractivity contribution in [3.63, 3.8) is 0 Å². The van der Waals surface area contributed by atoms with Gasteiger partial charge in [-0.05, 0) is 46.3 Å². The third-order valence-electron chi connectivity index (χ3n) is 2.30. The summed E-state index contributed by atoms with van der Waals surface area (Å²) in [7, 11) is 1.31. The van der Waals surface area contributed by atoms with Gasteiger partial charge in [0.15, 0.2) is 11.6 Å². The zero-order valence-electron chi connectivity index (χ0n) is 9.61. The third-order valence-corrected chi connectivity index (χ3v) is 4.27. The number of hydrogen-bond acceptors (Lipinski definition) is 3. The van der Waals surface area contributed by atoms with Gasteiger partial charge in [-0.25, -0.2) is 17.2 Å². The smallest absolute Gasteiger partial charge is 0.261 e. The summed E-state index contributed by atoms with van der Waals surface area (Å²) in [5.41, 5.74) is 0. The van der Waals surface area contributed by atoms with Crippen molar-refractivity contribution in [2.45, 2.75) is 4.90 Å². The molecule has 20 heavy (non-hydrogen) atoms. The van der Waals surface area contributed by atoms with Gasteiger partial charge in [0, 0.05) is 16.7 Å². The normalized spacial score (nSPS) is 11.4. The van der Waals surface area contributed by atoms with Crippen LogP contribution < -0.4 is 4.74 Å². The van der Waals surface area contributed by atoms with Crippen LogP contribution in [0.5, 0.6) is 11.5 Å². The van der Waals surface area contributed by atoms with E-state index in [2.05, 4.69) is 15.9 Å². The highest BCUT2D eigenvalue weighted by molar-refractivity contribution is 9.10. The second-order valence-electron chi connectivity index (χ2n) is 3.71. The molecule has 0 heterocycles. The molecule has 2 aromatic carbocycles. The van der Waals surface area contributed by atoms with Gasteiger partial charge in [0.2, 0.25) is 0 Å². The molecular weight excluding hydrogens is 378 g/mol. The van der Waals surface area contributed by atoms with Crippen LogP contribution in [0.4, 0.5) is 8.78 Å². The molecule has 2 rings (SSSR count). The molecule has 0 aliphatic rings. The Balaban J connectivity index is 2.38.